The maximum Gasteiger partial charge on any atom is 0.254 e. The van der Waals surface area contributed by atoms with Gasteiger partial charge in [-0.2, -0.15) is 0 Å². The fraction of sp³-hybridized carbons (Fsp3) is 0.300. The van der Waals surface area contributed by atoms with Crippen molar-refractivity contribution in [2.75, 3.05) is 6.54 Å². The van der Waals surface area contributed by atoms with E-state index in [9.17, 15) is 4.79 Å². The van der Waals surface area contributed by atoms with E-state index in [1.54, 1.807) is 6.07 Å². The first-order chi connectivity index (χ1) is 5.83. The maximum atomic E-state index is 11.5. The Morgan fingerprint density at radius 1 is 1.67 bits per heavy atom. The molecule has 1 heterocycles. The highest BCUT2D eigenvalue weighted by Gasteiger charge is 2.24. The van der Waals surface area contributed by atoms with Gasteiger partial charge in [-0.05, 0) is 30.7 Å². The number of nitrogens with zero attached hydrogens (tertiary/aromatic N) is 1. The van der Waals surface area contributed by atoms with Gasteiger partial charge in [0.25, 0.3) is 5.91 Å². The zero-order chi connectivity index (χ0) is 8.55. The highest BCUT2D eigenvalue weighted by Crippen LogP contribution is 2.21. The fourth-order valence-corrected chi connectivity index (χ4v) is 1.51. The largest absolute Gasteiger partial charge is 0.335 e. The van der Waals surface area contributed by atoms with Crippen LogP contribution in [0.4, 0.5) is 0 Å². The average molecular weight is 160 g/mol. The number of fused-ring (bicyclic) bond motifs is 1. The van der Waals surface area contributed by atoms with E-state index in [4.69, 9.17) is 0 Å². The molecule has 61 valence electrons. The van der Waals surface area contributed by atoms with E-state index in [1.165, 1.54) is 0 Å². The van der Waals surface area contributed by atoms with Gasteiger partial charge in [-0.3, -0.25) is 4.79 Å². The van der Waals surface area contributed by atoms with Crippen molar-refractivity contribution in [1.29, 1.82) is 0 Å². The van der Waals surface area contributed by atoms with Gasteiger partial charge in [0.15, 0.2) is 0 Å². The lowest BCUT2D eigenvalue weighted by Gasteiger charge is -2.10. The Hall–Kier alpha value is -1.31. The fourth-order valence-electron chi connectivity index (χ4n) is 1.51. The summed E-state index contributed by atoms with van der Waals surface area (Å²) in [4.78, 5) is 13.4. The van der Waals surface area contributed by atoms with Gasteiger partial charge >= 0.3 is 0 Å². The molecule has 0 saturated heterocycles. The molecular weight excluding hydrogens is 150 g/mol. The van der Waals surface area contributed by atoms with Crippen molar-refractivity contribution < 1.29 is 4.79 Å². The van der Waals surface area contributed by atoms with Crippen molar-refractivity contribution in [3.8, 4) is 0 Å². The van der Waals surface area contributed by atoms with Gasteiger partial charge in [0.2, 0.25) is 0 Å². The molecule has 0 N–H and O–H groups in total. The van der Waals surface area contributed by atoms with Crippen LogP contribution in [0, 0.1) is 6.07 Å². The Labute approximate surface area is 71.8 Å². The lowest BCUT2D eigenvalue weighted by molar-refractivity contribution is 0.0787. The standard InChI is InChI=1S/C10H10NO/c1-2-11-7-8-5-3-4-6-9(8)10(11)12/h4-6H,2,7H2,1H3. The molecule has 1 aromatic carbocycles. The van der Waals surface area contributed by atoms with Crippen LogP contribution in [0.2, 0.25) is 0 Å². The number of hydrogen-bond acceptors (Lipinski definition) is 1. The van der Waals surface area contributed by atoms with Crippen molar-refractivity contribution in [3.05, 3.63) is 35.4 Å². The molecular formula is C10H10NO. The van der Waals surface area contributed by atoms with Crippen molar-refractivity contribution >= 4 is 5.91 Å². The molecule has 0 atom stereocenters. The summed E-state index contributed by atoms with van der Waals surface area (Å²) in [6, 6.07) is 8.50. The summed E-state index contributed by atoms with van der Waals surface area (Å²) in [7, 11) is 0. The Bertz CT molecular complexity index is 319. The molecule has 2 heteroatoms. The Balaban J connectivity index is 2.42. The molecule has 1 aromatic rings. The predicted octanol–water partition coefficient (Wildman–Crippen LogP) is 1.46. The van der Waals surface area contributed by atoms with Crippen LogP contribution in [0.15, 0.2) is 18.2 Å². The molecule has 0 aromatic heterocycles. The van der Waals surface area contributed by atoms with E-state index in [1.807, 2.05) is 24.0 Å². The van der Waals surface area contributed by atoms with E-state index in [0.29, 0.717) is 0 Å². The van der Waals surface area contributed by atoms with Crippen LogP contribution >= 0.6 is 0 Å². The van der Waals surface area contributed by atoms with Crippen molar-refractivity contribution in [2.45, 2.75) is 13.5 Å². The summed E-state index contributed by atoms with van der Waals surface area (Å²) in [5.74, 6) is 0.154. The first kappa shape index (κ1) is 7.35. The zero-order valence-corrected chi connectivity index (χ0v) is 7.00. The van der Waals surface area contributed by atoms with Crippen LogP contribution in [-0.4, -0.2) is 17.4 Å². The maximum absolute atomic E-state index is 11.5. The van der Waals surface area contributed by atoms with Gasteiger partial charge < -0.3 is 4.90 Å². The summed E-state index contributed by atoms with van der Waals surface area (Å²) in [6.07, 6.45) is 0. The van der Waals surface area contributed by atoms with Gasteiger partial charge in [-0.1, -0.05) is 6.07 Å². The van der Waals surface area contributed by atoms with Gasteiger partial charge in [0, 0.05) is 18.7 Å². The summed E-state index contributed by atoms with van der Waals surface area (Å²) in [5.41, 5.74) is 1.94. The minimum atomic E-state index is 0.154. The molecule has 0 fully saturated rings. The normalized spacial score (nSPS) is 15.1. The van der Waals surface area contributed by atoms with Crippen LogP contribution in [-0.2, 0) is 6.54 Å². The smallest absolute Gasteiger partial charge is 0.254 e. The third kappa shape index (κ3) is 0.916. The summed E-state index contributed by atoms with van der Waals surface area (Å²) in [5, 5.41) is 0. The first-order valence-corrected chi connectivity index (χ1v) is 4.11. The molecule has 0 bridgehead atoms. The molecule has 0 unspecified atom stereocenters. The van der Waals surface area contributed by atoms with Crippen molar-refractivity contribution in [2.24, 2.45) is 0 Å². The monoisotopic (exact) mass is 160 g/mol. The first-order valence-electron chi connectivity index (χ1n) is 4.11. The molecule has 0 spiro atoms. The molecule has 1 aliphatic heterocycles. The third-order valence-corrected chi connectivity index (χ3v) is 2.21. The third-order valence-electron chi connectivity index (χ3n) is 2.21. The molecule has 12 heavy (non-hydrogen) atoms. The second-order valence-electron chi connectivity index (χ2n) is 2.90. The van der Waals surface area contributed by atoms with E-state index >= 15 is 0 Å². The minimum absolute atomic E-state index is 0.154. The number of benzene rings is 1. The topological polar surface area (TPSA) is 20.3 Å². The van der Waals surface area contributed by atoms with Crippen LogP contribution in [0.5, 0.6) is 0 Å². The molecule has 1 aliphatic rings. The Morgan fingerprint density at radius 2 is 2.50 bits per heavy atom. The predicted molar refractivity (Wildman–Crippen MR) is 45.7 cm³/mol. The van der Waals surface area contributed by atoms with E-state index in [0.717, 1.165) is 24.2 Å². The quantitative estimate of drug-likeness (QED) is 0.609. The van der Waals surface area contributed by atoms with E-state index in [-0.39, 0.29) is 5.91 Å². The van der Waals surface area contributed by atoms with Crippen LogP contribution in [0.25, 0.3) is 0 Å². The highest BCUT2D eigenvalue weighted by molar-refractivity contribution is 5.98. The molecule has 2 rings (SSSR count). The van der Waals surface area contributed by atoms with Gasteiger partial charge in [0.05, 0.1) is 0 Å². The van der Waals surface area contributed by atoms with Gasteiger partial charge in [0.1, 0.15) is 0 Å². The van der Waals surface area contributed by atoms with Gasteiger partial charge in [-0.25, -0.2) is 0 Å². The van der Waals surface area contributed by atoms with E-state index in [2.05, 4.69) is 6.07 Å². The van der Waals surface area contributed by atoms with Crippen LogP contribution < -0.4 is 0 Å². The lowest BCUT2D eigenvalue weighted by atomic mass is 10.1. The minimum Gasteiger partial charge on any atom is -0.335 e. The Morgan fingerprint density at radius 3 is 3.17 bits per heavy atom. The number of hydrogen-bond donors (Lipinski definition) is 0. The second kappa shape index (κ2) is 2.63. The summed E-state index contributed by atoms with van der Waals surface area (Å²) in [6.45, 7) is 3.53. The molecule has 0 aliphatic carbocycles. The van der Waals surface area contributed by atoms with E-state index < -0.39 is 0 Å². The molecule has 2 nitrogen and oxygen atoms in total. The second-order valence-corrected chi connectivity index (χ2v) is 2.90. The molecule has 1 radical (unpaired) electrons. The van der Waals surface area contributed by atoms with Crippen LogP contribution in [0.1, 0.15) is 22.8 Å². The summed E-state index contributed by atoms with van der Waals surface area (Å²) >= 11 is 0. The molecule has 0 saturated carbocycles. The zero-order valence-electron chi connectivity index (χ0n) is 7.00. The van der Waals surface area contributed by atoms with Crippen molar-refractivity contribution in [3.63, 3.8) is 0 Å². The molecule has 1 amide bonds. The Kier molecular flexibility index (Phi) is 1.61. The van der Waals surface area contributed by atoms with Crippen LogP contribution in [0.3, 0.4) is 0 Å². The van der Waals surface area contributed by atoms with Crippen molar-refractivity contribution in [1.82, 2.24) is 4.90 Å². The highest BCUT2D eigenvalue weighted by atomic mass is 16.2. The number of carbonyl (C=O) groups is 1. The van der Waals surface area contributed by atoms with Gasteiger partial charge in [-0.15, -0.1) is 0 Å². The number of rotatable bonds is 1. The number of amides is 1. The SMILES string of the molecule is CCN1Cc2c[c]ccc2C1=O. The number of carbonyl (C=O) groups excluding carboxylic acids is 1. The average Bonchev–Trinajstić information content (AvgIpc) is 2.44. The lowest BCUT2D eigenvalue weighted by Crippen LogP contribution is -2.22. The summed E-state index contributed by atoms with van der Waals surface area (Å²) < 4.78 is 0.